The van der Waals surface area contributed by atoms with E-state index in [0.29, 0.717) is 17.3 Å². The third kappa shape index (κ3) is 4.23. The van der Waals surface area contributed by atoms with Crippen molar-refractivity contribution in [1.29, 1.82) is 0 Å². The number of nitrogens with zero attached hydrogens (tertiary/aromatic N) is 3. The van der Waals surface area contributed by atoms with Gasteiger partial charge >= 0.3 is 5.97 Å². The summed E-state index contributed by atoms with van der Waals surface area (Å²) in [6.07, 6.45) is 0. The van der Waals surface area contributed by atoms with E-state index in [1.807, 2.05) is 38.1 Å². The second kappa shape index (κ2) is 7.58. The third-order valence-corrected chi connectivity index (χ3v) is 4.55. The number of carboxylic acid groups (broad SMARTS) is 1. The molecule has 3 rings (SSSR count). The minimum absolute atomic E-state index is 0.0943. The Kier molecular flexibility index (Phi) is 5.33. The van der Waals surface area contributed by atoms with Crippen LogP contribution >= 0.6 is 0 Å². The van der Waals surface area contributed by atoms with Crippen LogP contribution in [0.5, 0.6) is 5.75 Å². The summed E-state index contributed by atoms with van der Waals surface area (Å²) >= 11 is 0. The van der Waals surface area contributed by atoms with Gasteiger partial charge in [-0.15, -0.1) is 0 Å². The van der Waals surface area contributed by atoms with Crippen LogP contribution in [0.2, 0.25) is 0 Å². The summed E-state index contributed by atoms with van der Waals surface area (Å²) < 4.78 is 7.28. The zero-order valence-electron chi connectivity index (χ0n) is 17.6. The van der Waals surface area contributed by atoms with E-state index in [9.17, 15) is 9.90 Å². The molecule has 0 saturated carbocycles. The summed E-state index contributed by atoms with van der Waals surface area (Å²) in [4.78, 5) is 16.1. The van der Waals surface area contributed by atoms with Gasteiger partial charge in [0.25, 0.3) is 0 Å². The molecule has 0 spiro atoms. The molecule has 2 aromatic heterocycles. The zero-order valence-corrected chi connectivity index (χ0v) is 17.6. The summed E-state index contributed by atoms with van der Waals surface area (Å²) in [6, 6.07) is 11.0. The first-order valence-corrected chi connectivity index (χ1v) is 9.33. The largest absolute Gasteiger partial charge is 0.494 e. The topological polar surface area (TPSA) is 89.3 Å². The lowest BCUT2D eigenvalue weighted by Gasteiger charge is -2.15. The van der Waals surface area contributed by atoms with Crippen molar-refractivity contribution in [2.75, 3.05) is 12.4 Å². The normalized spacial score (nSPS) is 11.4. The van der Waals surface area contributed by atoms with Gasteiger partial charge in [0.05, 0.1) is 12.8 Å². The maximum absolute atomic E-state index is 11.7. The van der Waals surface area contributed by atoms with Crippen LogP contribution in [-0.2, 0) is 5.41 Å². The molecule has 0 aliphatic heterocycles. The van der Waals surface area contributed by atoms with E-state index in [0.717, 1.165) is 16.9 Å². The number of aromatic carboxylic acids is 1. The van der Waals surface area contributed by atoms with Crippen molar-refractivity contribution in [2.45, 2.75) is 40.0 Å². The first-order chi connectivity index (χ1) is 13.6. The van der Waals surface area contributed by atoms with Gasteiger partial charge in [-0.25, -0.2) is 14.5 Å². The molecular formula is C22H26N4O3. The number of nitrogens with one attached hydrogen (secondary N) is 1. The molecule has 0 amide bonds. The number of pyridine rings is 1. The highest BCUT2D eigenvalue weighted by Gasteiger charge is 2.23. The van der Waals surface area contributed by atoms with Gasteiger partial charge in [0.15, 0.2) is 0 Å². The minimum Gasteiger partial charge on any atom is -0.494 e. The van der Waals surface area contributed by atoms with Crippen molar-refractivity contribution in [1.82, 2.24) is 14.8 Å². The molecule has 29 heavy (non-hydrogen) atoms. The molecule has 7 nitrogen and oxygen atoms in total. The molecule has 0 radical (unpaired) electrons. The lowest BCUT2D eigenvalue weighted by molar-refractivity contribution is 0.0697. The maximum atomic E-state index is 11.7. The lowest BCUT2D eigenvalue weighted by Crippen LogP contribution is -2.13. The minimum atomic E-state index is -1.05. The number of carbonyl (C=O) groups is 1. The average molecular weight is 394 g/mol. The quantitative estimate of drug-likeness (QED) is 0.656. The molecular weight excluding hydrogens is 368 g/mol. The second-order valence-corrected chi connectivity index (χ2v) is 8.03. The second-order valence-electron chi connectivity index (χ2n) is 8.03. The van der Waals surface area contributed by atoms with E-state index in [1.54, 1.807) is 23.9 Å². The van der Waals surface area contributed by atoms with E-state index in [-0.39, 0.29) is 16.8 Å². The molecule has 2 N–H and O–H groups in total. The number of carboxylic acids is 1. The maximum Gasteiger partial charge on any atom is 0.339 e. The van der Waals surface area contributed by atoms with E-state index < -0.39 is 5.97 Å². The molecule has 0 aliphatic carbocycles. The van der Waals surface area contributed by atoms with Gasteiger partial charge in [-0.2, -0.15) is 5.10 Å². The smallest absolute Gasteiger partial charge is 0.339 e. The summed E-state index contributed by atoms with van der Waals surface area (Å²) in [6.45, 7) is 10.0. The summed E-state index contributed by atoms with van der Waals surface area (Å²) in [5, 5.41) is 17.5. The predicted molar refractivity (Wildman–Crippen MR) is 113 cm³/mol. The van der Waals surface area contributed by atoms with Crippen LogP contribution in [0.25, 0.3) is 5.69 Å². The Bertz CT molecular complexity index is 1060. The van der Waals surface area contributed by atoms with Crippen LogP contribution in [0.4, 0.5) is 11.6 Å². The Labute approximate surface area is 170 Å². The van der Waals surface area contributed by atoms with E-state index in [1.165, 1.54) is 0 Å². The van der Waals surface area contributed by atoms with Gasteiger partial charge < -0.3 is 15.2 Å². The Morgan fingerprint density at radius 2 is 1.86 bits per heavy atom. The molecule has 2 heterocycles. The van der Waals surface area contributed by atoms with Crippen LogP contribution in [0.15, 0.2) is 36.4 Å². The van der Waals surface area contributed by atoms with Crippen molar-refractivity contribution in [3.05, 3.63) is 58.9 Å². The number of rotatable bonds is 5. The highest BCUT2D eigenvalue weighted by atomic mass is 16.5. The van der Waals surface area contributed by atoms with Crippen molar-refractivity contribution in [3.8, 4) is 11.4 Å². The SMILES string of the molecule is COc1ccc(C)cc1-n1nc(C(C)(C)C)cc1Nc1nc(C)ccc1C(=O)O. The Balaban J connectivity index is 2.20. The number of ether oxygens (including phenoxy) is 1. The van der Waals surface area contributed by atoms with E-state index in [2.05, 4.69) is 31.1 Å². The lowest BCUT2D eigenvalue weighted by atomic mass is 9.92. The molecule has 0 atom stereocenters. The van der Waals surface area contributed by atoms with Gasteiger partial charge in [-0.3, -0.25) is 0 Å². The standard InChI is InChI=1S/C22H26N4O3/c1-13-7-10-17(29-6)16(11-13)26-19(12-18(25-26)22(3,4)5)24-20-15(21(27)28)9-8-14(2)23-20/h7-12H,1-6H3,(H,23,24)(H,27,28). The number of benzene rings is 1. The number of anilines is 2. The molecule has 0 saturated heterocycles. The van der Waals surface area contributed by atoms with Crippen molar-refractivity contribution < 1.29 is 14.6 Å². The summed E-state index contributed by atoms with van der Waals surface area (Å²) in [5.41, 5.74) is 3.28. The van der Waals surface area contributed by atoms with Crippen LogP contribution in [0.3, 0.4) is 0 Å². The zero-order chi connectivity index (χ0) is 21.3. The first kappa shape index (κ1) is 20.4. The van der Waals surface area contributed by atoms with Gasteiger partial charge in [-0.1, -0.05) is 26.8 Å². The predicted octanol–water partition coefficient (Wildman–Crippen LogP) is 4.63. The van der Waals surface area contributed by atoms with Crippen LogP contribution in [-0.4, -0.2) is 33.0 Å². The average Bonchev–Trinajstić information content (AvgIpc) is 3.05. The summed E-state index contributed by atoms with van der Waals surface area (Å²) in [7, 11) is 1.61. The number of methoxy groups -OCH3 is 1. The first-order valence-electron chi connectivity index (χ1n) is 9.33. The van der Waals surface area contributed by atoms with Crippen molar-refractivity contribution in [2.24, 2.45) is 0 Å². The number of hydrogen-bond acceptors (Lipinski definition) is 5. The number of aryl methyl sites for hydroxylation is 2. The highest BCUT2D eigenvalue weighted by Crippen LogP contribution is 2.32. The van der Waals surface area contributed by atoms with Gasteiger partial charge in [0.2, 0.25) is 0 Å². The van der Waals surface area contributed by atoms with Gasteiger partial charge in [0, 0.05) is 17.2 Å². The van der Waals surface area contributed by atoms with Crippen LogP contribution < -0.4 is 10.1 Å². The van der Waals surface area contributed by atoms with E-state index in [4.69, 9.17) is 9.84 Å². The highest BCUT2D eigenvalue weighted by molar-refractivity contribution is 5.94. The molecule has 0 bridgehead atoms. The molecule has 1 aromatic carbocycles. The van der Waals surface area contributed by atoms with Crippen molar-refractivity contribution in [3.63, 3.8) is 0 Å². The number of hydrogen-bond donors (Lipinski definition) is 2. The van der Waals surface area contributed by atoms with Gasteiger partial charge in [-0.05, 0) is 43.7 Å². The third-order valence-electron chi connectivity index (χ3n) is 4.55. The molecule has 7 heteroatoms. The summed E-state index contributed by atoms with van der Waals surface area (Å²) in [5.74, 6) is 0.498. The molecule has 0 unspecified atom stereocenters. The van der Waals surface area contributed by atoms with Crippen molar-refractivity contribution >= 4 is 17.6 Å². The molecule has 0 aliphatic rings. The Hall–Kier alpha value is -3.35. The fraction of sp³-hybridized carbons (Fsp3) is 0.318. The van der Waals surface area contributed by atoms with Crippen LogP contribution in [0, 0.1) is 13.8 Å². The monoisotopic (exact) mass is 394 g/mol. The molecule has 3 aromatic rings. The molecule has 0 fully saturated rings. The molecule has 152 valence electrons. The Morgan fingerprint density at radius 3 is 2.48 bits per heavy atom. The van der Waals surface area contributed by atoms with E-state index >= 15 is 0 Å². The fourth-order valence-corrected chi connectivity index (χ4v) is 2.93. The Morgan fingerprint density at radius 1 is 1.14 bits per heavy atom. The van der Waals surface area contributed by atoms with Crippen LogP contribution in [0.1, 0.15) is 48.1 Å². The number of aromatic nitrogens is 3. The van der Waals surface area contributed by atoms with Gasteiger partial charge in [0.1, 0.15) is 28.6 Å². The fourth-order valence-electron chi connectivity index (χ4n) is 2.93.